The summed E-state index contributed by atoms with van der Waals surface area (Å²) in [5, 5.41) is 4.49. The Hall–Kier alpha value is -1.99. The van der Waals surface area contributed by atoms with Gasteiger partial charge in [-0.1, -0.05) is 0 Å². The Morgan fingerprint density at radius 2 is 1.92 bits per heavy atom. The predicted octanol–water partition coefficient (Wildman–Crippen LogP) is 2.01. The maximum atomic E-state index is 5.99. The van der Waals surface area contributed by atoms with E-state index in [0.717, 1.165) is 49.0 Å². The van der Waals surface area contributed by atoms with Crippen molar-refractivity contribution in [2.24, 2.45) is 0 Å². The molecule has 0 unspecified atom stereocenters. The minimum atomic E-state index is -0.392. The van der Waals surface area contributed by atoms with E-state index >= 15 is 0 Å². The average Bonchev–Trinajstić information content (AvgIpc) is 3.10. The number of hydrogen-bond donors (Lipinski definition) is 0. The number of hydrogen-bond acceptors (Lipinski definition) is 6. The molecule has 2 aliphatic heterocycles. The Balaban J connectivity index is 1.52. The normalized spacial score (nSPS) is 23.1. The number of aromatic nitrogens is 4. The summed E-state index contributed by atoms with van der Waals surface area (Å²) in [5.74, 6) is 1.23. The zero-order chi connectivity index (χ0) is 16.7. The van der Waals surface area contributed by atoms with Gasteiger partial charge in [-0.15, -0.1) is 0 Å². The van der Waals surface area contributed by atoms with Crippen LogP contribution in [0, 0.1) is 13.8 Å². The van der Waals surface area contributed by atoms with Crippen molar-refractivity contribution in [1.29, 1.82) is 0 Å². The molecule has 7 nitrogen and oxygen atoms in total. The summed E-state index contributed by atoms with van der Waals surface area (Å²) in [6, 6.07) is 2.04. The Morgan fingerprint density at radius 3 is 2.54 bits per heavy atom. The monoisotopic (exact) mass is 329 g/mol. The molecule has 2 aromatic rings. The van der Waals surface area contributed by atoms with Gasteiger partial charge in [0.1, 0.15) is 5.82 Å². The molecule has 0 bridgehead atoms. The minimum absolute atomic E-state index is 0.186. The SMILES string of the molecule is Cc1cc(C)n(-c2cncc(N3CCC4(CC3)OC[C@@H](C)O4)n2)n1. The lowest BCUT2D eigenvalue weighted by molar-refractivity contribution is -0.178. The maximum absolute atomic E-state index is 5.99. The molecule has 128 valence electrons. The molecule has 0 saturated carbocycles. The van der Waals surface area contributed by atoms with E-state index < -0.39 is 5.79 Å². The van der Waals surface area contributed by atoms with Crippen LogP contribution in [-0.4, -0.2) is 51.3 Å². The van der Waals surface area contributed by atoms with Gasteiger partial charge < -0.3 is 14.4 Å². The number of rotatable bonds is 2. The van der Waals surface area contributed by atoms with Gasteiger partial charge in [0.25, 0.3) is 0 Å². The maximum Gasteiger partial charge on any atom is 0.174 e. The van der Waals surface area contributed by atoms with Crippen molar-refractivity contribution in [3.8, 4) is 5.82 Å². The molecule has 0 aromatic carbocycles. The van der Waals surface area contributed by atoms with Crippen LogP contribution in [0.5, 0.6) is 0 Å². The highest BCUT2D eigenvalue weighted by molar-refractivity contribution is 5.40. The second-order valence-corrected chi connectivity index (χ2v) is 6.71. The quantitative estimate of drug-likeness (QED) is 0.840. The summed E-state index contributed by atoms with van der Waals surface area (Å²) in [6.07, 6.45) is 5.45. The van der Waals surface area contributed by atoms with Crippen LogP contribution in [-0.2, 0) is 9.47 Å². The summed E-state index contributed by atoms with van der Waals surface area (Å²) in [5.41, 5.74) is 2.03. The van der Waals surface area contributed by atoms with Gasteiger partial charge in [-0.2, -0.15) is 5.10 Å². The van der Waals surface area contributed by atoms with E-state index in [4.69, 9.17) is 14.5 Å². The van der Waals surface area contributed by atoms with Crippen molar-refractivity contribution < 1.29 is 9.47 Å². The van der Waals surface area contributed by atoms with Crippen LogP contribution in [0.3, 0.4) is 0 Å². The average molecular weight is 329 g/mol. The zero-order valence-corrected chi connectivity index (χ0v) is 14.4. The summed E-state index contributed by atoms with van der Waals surface area (Å²) in [7, 11) is 0. The van der Waals surface area contributed by atoms with Gasteiger partial charge in [0.15, 0.2) is 11.6 Å². The molecular weight excluding hydrogens is 306 g/mol. The van der Waals surface area contributed by atoms with Crippen LogP contribution in [0.25, 0.3) is 5.82 Å². The fourth-order valence-corrected chi connectivity index (χ4v) is 3.50. The molecule has 0 N–H and O–H groups in total. The third-order valence-corrected chi connectivity index (χ3v) is 4.68. The molecule has 4 heterocycles. The Kier molecular flexibility index (Phi) is 3.77. The van der Waals surface area contributed by atoms with Crippen molar-refractivity contribution in [3.05, 3.63) is 29.8 Å². The lowest BCUT2D eigenvalue weighted by atomic mass is 10.0. The van der Waals surface area contributed by atoms with E-state index in [-0.39, 0.29) is 6.10 Å². The summed E-state index contributed by atoms with van der Waals surface area (Å²) in [6.45, 7) is 8.45. The van der Waals surface area contributed by atoms with Crippen LogP contribution in [0.4, 0.5) is 5.82 Å². The highest BCUT2D eigenvalue weighted by Gasteiger charge is 2.42. The summed E-state index contributed by atoms with van der Waals surface area (Å²) in [4.78, 5) is 11.4. The van der Waals surface area contributed by atoms with Crippen LogP contribution in [0.1, 0.15) is 31.2 Å². The van der Waals surface area contributed by atoms with E-state index in [9.17, 15) is 0 Å². The minimum Gasteiger partial charge on any atom is -0.355 e. The number of aryl methyl sites for hydroxylation is 2. The van der Waals surface area contributed by atoms with Gasteiger partial charge in [0, 0.05) is 31.6 Å². The van der Waals surface area contributed by atoms with E-state index in [0.29, 0.717) is 6.61 Å². The first kappa shape index (κ1) is 15.5. The molecule has 0 amide bonds. The Bertz CT molecular complexity index is 736. The van der Waals surface area contributed by atoms with Gasteiger partial charge in [-0.3, -0.25) is 4.98 Å². The van der Waals surface area contributed by atoms with Crippen molar-refractivity contribution in [2.45, 2.75) is 45.5 Å². The van der Waals surface area contributed by atoms with E-state index in [1.807, 2.05) is 30.8 Å². The molecule has 2 saturated heterocycles. The van der Waals surface area contributed by atoms with Crippen LogP contribution in [0.15, 0.2) is 18.5 Å². The van der Waals surface area contributed by atoms with Crippen LogP contribution < -0.4 is 4.90 Å². The van der Waals surface area contributed by atoms with Gasteiger partial charge >= 0.3 is 0 Å². The van der Waals surface area contributed by atoms with Gasteiger partial charge in [0.05, 0.1) is 30.8 Å². The standard InChI is InChI=1S/C17H23N5O2/c1-12-8-13(2)22(20-12)16-10-18-9-15(19-16)21-6-4-17(5-7-21)23-11-14(3)24-17/h8-10,14H,4-7,11H2,1-3H3/t14-/m1/s1. The largest absolute Gasteiger partial charge is 0.355 e. The number of anilines is 1. The Labute approximate surface area is 141 Å². The van der Waals surface area contributed by atoms with Gasteiger partial charge in [-0.05, 0) is 26.8 Å². The molecule has 2 aromatic heterocycles. The van der Waals surface area contributed by atoms with E-state index in [1.165, 1.54) is 0 Å². The van der Waals surface area contributed by atoms with Crippen molar-refractivity contribution in [2.75, 3.05) is 24.6 Å². The molecule has 1 spiro atoms. The fraction of sp³-hybridized carbons (Fsp3) is 0.588. The first-order valence-corrected chi connectivity index (χ1v) is 8.47. The second kappa shape index (κ2) is 5.82. The molecule has 0 radical (unpaired) electrons. The third-order valence-electron chi connectivity index (χ3n) is 4.68. The lowest BCUT2D eigenvalue weighted by Crippen LogP contribution is -2.45. The first-order valence-electron chi connectivity index (χ1n) is 8.47. The van der Waals surface area contributed by atoms with Gasteiger partial charge in [-0.25, -0.2) is 9.67 Å². The number of nitrogens with zero attached hydrogens (tertiary/aromatic N) is 5. The molecular formula is C17H23N5O2. The zero-order valence-electron chi connectivity index (χ0n) is 14.4. The fourth-order valence-electron chi connectivity index (χ4n) is 3.50. The van der Waals surface area contributed by atoms with E-state index in [1.54, 1.807) is 6.20 Å². The third kappa shape index (κ3) is 2.78. The van der Waals surface area contributed by atoms with Crippen molar-refractivity contribution in [3.63, 3.8) is 0 Å². The molecule has 2 aliphatic rings. The van der Waals surface area contributed by atoms with E-state index in [2.05, 4.69) is 21.9 Å². The first-order chi connectivity index (χ1) is 11.5. The molecule has 24 heavy (non-hydrogen) atoms. The molecule has 7 heteroatoms. The highest BCUT2D eigenvalue weighted by atomic mass is 16.7. The number of piperidine rings is 1. The lowest BCUT2D eigenvalue weighted by Gasteiger charge is -2.38. The summed E-state index contributed by atoms with van der Waals surface area (Å²) >= 11 is 0. The summed E-state index contributed by atoms with van der Waals surface area (Å²) < 4.78 is 13.7. The molecule has 1 atom stereocenters. The van der Waals surface area contributed by atoms with Crippen LogP contribution >= 0.6 is 0 Å². The molecule has 4 rings (SSSR count). The topological polar surface area (TPSA) is 65.3 Å². The molecule has 0 aliphatic carbocycles. The van der Waals surface area contributed by atoms with Crippen LogP contribution in [0.2, 0.25) is 0 Å². The smallest absolute Gasteiger partial charge is 0.174 e. The second-order valence-electron chi connectivity index (χ2n) is 6.71. The molecule has 2 fully saturated rings. The van der Waals surface area contributed by atoms with Crippen molar-refractivity contribution in [1.82, 2.24) is 19.7 Å². The number of ether oxygens (including phenoxy) is 2. The predicted molar refractivity (Wildman–Crippen MR) is 89.3 cm³/mol. The van der Waals surface area contributed by atoms with Gasteiger partial charge in [0.2, 0.25) is 0 Å². The Morgan fingerprint density at radius 1 is 1.17 bits per heavy atom. The van der Waals surface area contributed by atoms with Crippen molar-refractivity contribution >= 4 is 5.82 Å². The highest BCUT2D eigenvalue weighted by Crippen LogP contribution is 2.35.